The summed E-state index contributed by atoms with van der Waals surface area (Å²) in [6.07, 6.45) is 1.61. The molecule has 1 aliphatic carbocycles. The molecular weight excluding hydrogens is 320 g/mol. The number of carbonyl (C=O) groups is 1. The number of nitrogens with two attached hydrogens (primary N) is 1. The standard InChI is InChI=1S/C12H14BrClN2O2/c13-8-3-9(14)11(10(17)4-8)16-12(18)7-1-6(2-7)5-15/h3-4,6-7,17H,1-2,5,15H2,(H,16,18). The van der Waals surface area contributed by atoms with Crippen molar-refractivity contribution in [2.45, 2.75) is 12.8 Å². The Labute approximate surface area is 119 Å². The summed E-state index contributed by atoms with van der Waals surface area (Å²) < 4.78 is 0.662. The third-order valence-electron chi connectivity index (χ3n) is 3.22. The summed E-state index contributed by atoms with van der Waals surface area (Å²) in [5.41, 5.74) is 5.78. The molecule has 1 amide bonds. The molecule has 1 aliphatic rings. The van der Waals surface area contributed by atoms with Gasteiger partial charge in [0, 0.05) is 10.4 Å². The summed E-state index contributed by atoms with van der Waals surface area (Å²) >= 11 is 9.19. The quantitative estimate of drug-likeness (QED) is 0.745. The Balaban J connectivity index is 2.04. The van der Waals surface area contributed by atoms with E-state index in [2.05, 4.69) is 21.2 Å². The molecule has 98 valence electrons. The maximum atomic E-state index is 11.9. The summed E-state index contributed by atoms with van der Waals surface area (Å²) in [6.45, 7) is 0.619. The number of halogens is 2. The fourth-order valence-corrected chi connectivity index (χ4v) is 2.89. The van der Waals surface area contributed by atoms with Crippen molar-refractivity contribution in [2.75, 3.05) is 11.9 Å². The van der Waals surface area contributed by atoms with Crippen LogP contribution in [-0.2, 0) is 4.79 Å². The zero-order chi connectivity index (χ0) is 13.3. The van der Waals surface area contributed by atoms with E-state index in [1.165, 1.54) is 6.07 Å². The van der Waals surface area contributed by atoms with Crippen molar-refractivity contribution in [3.63, 3.8) is 0 Å². The fourth-order valence-electron chi connectivity index (χ4n) is 2.05. The Morgan fingerprint density at radius 3 is 2.78 bits per heavy atom. The molecule has 4 nitrogen and oxygen atoms in total. The van der Waals surface area contributed by atoms with Crippen LogP contribution in [0.25, 0.3) is 0 Å². The molecule has 18 heavy (non-hydrogen) atoms. The molecule has 2 rings (SSSR count). The van der Waals surface area contributed by atoms with Crippen LogP contribution in [0, 0.1) is 11.8 Å². The van der Waals surface area contributed by atoms with Crippen molar-refractivity contribution < 1.29 is 9.90 Å². The Bertz CT molecular complexity index is 452. The number of anilines is 1. The second kappa shape index (κ2) is 5.47. The number of carbonyl (C=O) groups excluding carboxylic acids is 1. The first kappa shape index (κ1) is 13.6. The maximum absolute atomic E-state index is 11.9. The van der Waals surface area contributed by atoms with E-state index in [-0.39, 0.29) is 23.3 Å². The van der Waals surface area contributed by atoms with Gasteiger partial charge in [0.1, 0.15) is 11.4 Å². The third-order valence-corrected chi connectivity index (χ3v) is 3.98. The number of benzene rings is 1. The average molecular weight is 334 g/mol. The van der Waals surface area contributed by atoms with Crippen LogP contribution in [0.5, 0.6) is 5.75 Å². The number of hydrogen-bond acceptors (Lipinski definition) is 3. The van der Waals surface area contributed by atoms with E-state index < -0.39 is 0 Å². The zero-order valence-corrected chi connectivity index (χ0v) is 12.0. The first-order chi connectivity index (χ1) is 8.51. The van der Waals surface area contributed by atoms with Gasteiger partial charge in [0.05, 0.1) is 5.02 Å². The van der Waals surface area contributed by atoms with Crippen LogP contribution in [0.1, 0.15) is 12.8 Å². The Hall–Kier alpha value is -0.780. The van der Waals surface area contributed by atoms with E-state index in [1.54, 1.807) is 6.07 Å². The topological polar surface area (TPSA) is 75.4 Å². The summed E-state index contributed by atoms with van der Waals surface area (Å²) in [5.74, 6) is 0.254. The summed E-state index contributed by atoms with van der Waals surface area (Å²) in [4.78, 5) is 11.9. The molecule has 0 bridgehead atoms. The fraction of sp³-hybridized carbons (Fsp3) is 0.417. The van der Waals surface area contributed by atoms with Gasteiger partial charge in [-0.3, -0.25) is 4.79 Å². The van der Waals surface area contributed by atoms with E-state index in [0.29, 0.717) is 22.0 Å². The largest absolute Gasteiger partial charge is 0.506 e. The summed E-state index contributed by atoms with van der Waals surface area (Å²) in [5, 5.41) is 12.7. The Kier molecular flexibility index (Phi) is 4.14. The van der Waals surface area contributed by atoms with Crippen molar-refractivity contribution in [3.05, 3.63) is 21.6 Å². The highest BCUT2D eigenvalue weighted by molar-refractivity contribution is 9.10. The van der Waals surface area contributed by atoms with Gasteiger partial charge in [-0.2, -0.15) is 0 Å². The van der Waals surface area contributed by atoms with Crippen molar-refractivity contribution in [1.82, 2.24) is 0 Å². The van der Waals surface area contributed by atoms with E-state index in [0.717, 1.165) is 12.8 Å². The minimum absolute atomic E-state index is 0.0299. The first-order valence-corrected chi connectivity index (χ1v) is 6.87. The molecule has 0 atom stereocenters. The van der Waals surface area contributed by atoms with Crippen molar-refractivity contribution >= 4 is 39.1 Å². The molecule has 1 fully saturated rings. The first-order valence-electron chi connectivity index (χ1n) is 5.70. The zero-order valence-electron chi connectivity index (χ0n) is 9.62. The van der Waals surface area contributed by atoms with E-state index >= 15 is 0 Å². The predicted molar refractivity (Wildman–Crippen MR) is 74.7 cm³/mol. The van der Waals surface area contributed by atoms with Crippen LogP contribution < -0.4 is 11.1 Å². The van der Waals surface area contributed by atoms with Crippen LogP contribution in [0.15, 0.2) is 16.6 Å². The molecule has 0 spiro atoms. The molecule has 0 saturated heterocycles. The molecular formula is C12H14BrClN2O2. The minimum atomic E-state index is -0.112. The van der Waals surface area contributed by atoms with Crippen LogP contribution in [0.4, 0.5) is 5.69 Å². The van der Waals surface area contributed by atoms with Crippen molar-refractivity contribution in [2.24, 2.45) is 17.6 Å². The van der Waals surface area contributed by atoms with Crippen molar-refractivity contribution in [1.29, 1.82) is 0 Å². The normalized spacial score (nSPS) is 22.4. The third kappa shape index (κ3) is 2.79. The van der Waals surface area contributed by atoms with Gasteiger partial charge in [0.2, 0.25) is 5.91 Å². The van der Waals surface area contributed by atoms with Gasteiger partial charge in [-0.1, -0.05) is 27.5 Å². The number of phenolic OH excluding ortho intramolecular Hbond substituents is 1. The van der Waals surface area contributed by atoms with Crippen LogP contribution in [0.2, 0.25) is 5.02 Å². The molecule has 1 aromatic carbocycles. The Morgan fingerprint density at radius 2 is 2.22 bits per heavy atom. The van der Waals surface area contributed by atoms with E-state index in [1.807, 2.05) is 0 Å². The number of hydrogen-bond donors (Lipinski definition) is 3. The minimum Gasteiger partial charge on any atom is -0.506 e. The van der Waals surface area contributed by atoms with Gasteiger partial charge in [0.25, 0.3) is 0 Å². The lowest BCUT2D eigenvalue weighted by Crippen LogP contribution is -2.37. The van der Waals surface area contributed by atoms with E-state index in [4.69, 9.17) is 17.3 Å². The predicted octanol–water partition coefficient (Wildman–Crippen LogP) is 2.73. The molecule has 4 N–H and O–H groups in total. The highest BCUT2D eigenvalue weighted by Crippen LogP contribution is 2.38. The van der Waals surface area contributed by atoms with Gasteiger partial charge < -0.3 is 16.2 Å². The molecule has 0 unspecified atom stereocenters. The SMILES string of the molecule is NCC1CC(C(=O)Nc2c(O)cc(Br)cc2Cl)C1. The highest BCUT2D eigenvalue weighted by Gasteiger charge is 2.33. The molecule has 1 aromatic rings. The molecule has 0 heterocycles. The van der Waals surface area contributed by atoms with Gasteiger partial charge in [-0.15, -0.1) is 0 Å². The lowest BCUT2D eigenvalue weighted by Gasteiger charge is -2.33. The lowest BCUT2D eigenvalue weighted by molar-refractivity contribution is -0.123. The van der Waals surface area contributed by atoms with Crippen LogP contribution in [0.3, 0.4) is 0 Å². The molecule has 1 saturated carbocycles. The highest BCUT2D eigenvalue weighted by atomic mass is 79.9. The number of amides is 1. The van der Waals surface area contributed by atoms with Gasteiger partial charge in [0.15, 0.2) is 0 Å². The average Bonchev–Trinajstić information content (AvgIpc) is 2.21. The number of rotatable bonds is 3. The molecule has 0 aliphatic heterocycles. The Morgan fingerprint density at radius 1 is 1.56 bits per heavy atom. The second-order valence-electron chi connectivity index (χ2n) is 4.54. The second-order valence-corrected chi connectivity index (χ2v) is 5.86. The lowest BCUT2D eigenvalue weighted by atomic mass is 9.74. The van der Waals surface area contributed by atoms with Crippen LogP contribution in [-0.4, -0.2) is 17.6 Å². The monoisotopic (exact) mass is 332 g/mol. The van der Waals surface area contributed by atoms with E-state index in [9.17, 15) is 9.90 Å². The smallest absolute Gasteiger partial charge is 0.227 e. The van der Waals surface area contributed by atoms with Gasteiger partial charge in [-0.25, -0.2) is 0 Å². The van der Waals surface area contributed by atoms with Crippen LogP contribution >= 0.6 is 27.5 Å². The van der Waals surface area contributed by atoms with Gasteiger partial charge in [-0.05, 0) is 37.4 Å². The number of nitrogens with one attached hydrogen (secondary N) is 1. The molecule has 0 aromatic heterocycles. The molecule has 6 heteroatoms. The molecule has 0 radical (unpaired) electrons. The number of phenols is 1. The number of aromatic hydroxyl groups is 1. The van der Waals surface area contributed by atoms with Crippen molar-refractivity contribution in [3.8, 4) is 5.75 Å². The summed E-state index contributed by atoms with van der Waals surface area (Å²) in [7, 11) is 0. The maximum Gasteiger partial charge on any atom is 0.227 e. The van der Waals surface area contributed by atoms with Gasteiger partial charge >= 0.3 is 0 Å². The summed E-state index contributed by atoms with van der Waals surface area (Å²) in [6, 6.07) is 3.12.